The van der Waals surface area contributed by atoms with Crippen molar-refractivity contribution in [2.24, 2.45) is 5.73 Å². The molecule has 2 unspecified atom stereocenters. The van der Waals surface area contributed by atoms with Crippen LogP contribution >= 0.6 is 0 Å². The van der Waals surface area contributed by atoms with E-state index in [4.69, 9.17) is 10.5 Å². The van der Waals surface area contributed by atoms with Gasteiger partial charge in [0.15, 0.2) is 11.6 Å². The Hall–Kier alpha value is -3.65. The summed E-state index contributed by atoms with van der Waals surface area (Å²) in [6.45, 7) is 2.62. The number of aromatic nitrogens is 4. The van der Waals surface area contributed by atoms with Crippen LogP contribution in [0.25, 0.3) is 16.7 Å². The Morgan fingerprint density at radius 3 is 2.87 bits per heavy atom. The molecule has 31 heavy (non-hydrogen) atoms. The van der Waals surface area contributed by atoms with Gasteiger partial charge in [-0.05, 0) is 41.5 Å². The second-order valence-electron chi connectivity index (χ2n) is 7.78. The third kappa shape index (κ3) is 3.66. The first-order valence-corrected chi connectivity index (χ1v) is 9.99. The van der Waals surface area contributed by atoms with Crippen molar-refractivity contribution >= 4 is 16.8 Å². The molecule has 1 amide bonds. The second kappa shape index (κ2) is 7.55. The lowest BCUT2D eigenvalue weighted by atomic mass is 9.87. The van der Waals surface area contributed by atoms with Gasteiger partial charge in [0.1, 0.15) is 0 Å². The van der Waals surface area contributed by atoms with E-state index in [2.05, 4.69) is 22.0 Å². The maximum atomic E-state index is 13.3. The summed E-state index contributed by atoms with van der Waals surface area (Å²) in [7, 11) is 0. The first-order chi connectivity index (χ1) is 15.0. The second-order valence-corrected chi connectivity index (χ2v) is 7.78. The highest BCUT2D eigenvalue weighted by atomic mass is 19.1. The molecule has 4 heterocycles. The fraction of sp³-hybridized carbons (Fsp3) is 0.217. The number of halogens is 1. The lowest BCUT2D eigenvalue weighted by Gasteiger charge is -2.30. The van der Waals surface area contributed by atoms with Crippen molar-refractivity contribution in [3.63, 3.8) is 0 Å². The SMILES string of the molecule is CC1COC(Cc2cc3nc(-n4cc(F)cn4)ccc3cn2)c2ccc(C(N)=O)cc21. The number of primary amides is 1. The molecule has 3 aromatic heterocycles. The molecular formula is C23H20FN5O2. The van der Waals surface area contributed by atoms with E-state index in [-0.39, 0.29) is 12.0 Å². The fourth-order valence-corrected chi connectivity index (χ4v) is 3.96. The summed E-state index contributed by atoms with van der Waals surface area (Å²) in [5.74, 6) is -0.151. The van der Waals surface area contributed by atoms with Crippen LogP contribution in [0, 0.1) is 5.82 Å². The summed E-state index contributed by atoms with van der Waals surface area (Å²) >= 11 is 0. The number of amides is 1. The van der Waals surface area contributed by atoms with Gasteiger partial charge >= 0.3 is 0 Å². The van der Waals surface area contributed by atoms with Gasteiger partial charge in [-0.15, -0.1) is 0 Å². The standard InChI is InChI=1S/C23H20FN5O2/c1-13-12-31-21(18-4-2-14(23(25)30)6-19(13)18)8-17-7-20-15(9-26-17)3-5-22(28-20)29-11-16(24)10-27-29/h2-7,9-11,13,21H,8,12H2,1H3,(H2,25,30). The van der Waals surface area contributed by atoms with Crippen LogP contribution in [0.5, 0.6) is 0 Å². The van der Waals surface area contributed by atoms with Crippen LogP contribution in [0.4, 0.5) is 4.39 Å². The third-order valence-corrected chi connectivity index (χ3v) is 5.59. The Morgan fingerprint density at radius 1 is 1.23 bits per heavy atom. The minimum absolute atomic E-state index is 0.175. The summed E-state index contributed by atoms with van der Waals surface area (Å²) in [6.07, 6.45) is 4.58. The van der Waals surface area contributed by atoms with Crippen molar-refractivity contribution in [3.05, 3.63) is 83.2 Å². The predicted octanol–water partition coefficient (Wildman–Crippen LogP) is 3.47. The summed E-state index contributed by atoms with van der Waals surface area (Å²) < 4.78 is 20.8. The van der Waals surface area contributed by atoms with Gasteiger partial charge in [0, 0.05) is 35.2 Å². The van der Waals surface area contributed by atoms with Crippen LogP contribution in [0.2, 0.25) is 0 Å². The Morgan fingerprint density at radius 2 is 2.10 bits per heavy atom. The molecule has 8 heteroatoms. The quantitative estimate of drug-likeness (QED) is 0.549. The van der Waals surface area contributed by atoms with E-state index in [0.29, 0.717) is 24.4 Å². The van der Waals surface area contributed by atoms with Crippen LogP contribution in [-0.2, 0) is 11.2 Å². The van der Waals surface area contributed by atoms with Gasteiger partial charge in [-0.2, -0.15) is 5.10 Å². The molecule has 2 N–H and O–H groups in total. The molecule has 0 bridgehead atoms. The number of rotatable bonds is 4. The molecule has 0 radical (unpaired) electrons. The summed E-state index contributed by atoms with van der Waals surface area (Å²) in [5, 5.41) is 4.85. The zero-order valence-corrected chi connectivity index (χ0v) is 16.8. The van der Waals surface area contributed by atoms with E-state index >= 15 is 0 Å². The Labute approximate surface area is 177 Å². The first kappa shape index (κ1) is 19.3. The number of carbonyl (C=O) groups is 1. The number of ether oxygens (including phenoxy) is 1. The van der Waals surface area contributed by atoms with Crippen molar-refractivity contribution in [1.29, 1.82) is 0 Å². The van der Waals surface area contributed by atoms with Crippen LogP contribution in [0.3, 0.4) is 0 Å². The van der Waals surface area contributed by atoms with Crippen LogP contribution in [0.1, 0.15) is 46.1 Å². The molecule has 1 aliphatic rings. The highest BCUT2D eigenvalue weighted by Gasteiger charge is 2.27. The van der Waals surface area contributed by atoms with Crippen molar-refractivity contribution in [3.8, 4) is 5.82 Å². The van der Waals surface area contributed by atoms with E-state index in [1.807, 2.05) is 24.3 Å². The van der Waals surface area contributed by atoms with E-state index < -0.39 is 11.7 Å². The zero-order valence-electron chi connectivity index (χ0n) is 16.8. The predicted molar refractivity (Wildman–Crippen MR) is 112 cm³/mol. The van der Waals surface area contributed by atoms with E-state index in [1.165, 1.54) is 10.9 Å². The van der Waals surface area contributed by atoms with Gasteiger partial charge in [0.25, 0.3) is 0 Å². The Bertz CT molecular complexity index is 1300. The number of benzene rings is 1. The lowest BCUT2D eigenvalue weighted by molar-refractivity contribution is 0.0302. The van der Waals surface area contributed by atoms with E-state index in [0.717, 1.165) is 33.9 Å². The van der Waals surface area contributed by atoms with Gasteiger partial charge in [-0.25, -0.2) is 14.1 Å². The third-order valence-electron chi connectivity index (χ3n) is 5.59. The normalized spacial score (nSPS) is 18.1. The van der Waals surface area contributed by atoms with Gasteiger partial charge in [-0.1, -0.05) is 13.0 Å². The highest BCUT2D eigenvalue weighted by molar-refractivity contribution is 5.93. The molecule has 0 spiro atoms. The number of fused-ring (bicyclic) bond motifs is 2. The molecule has 1 aromatic carbocycles. The number of hydrogen-bond acceptors (Lipinski definition) is 5. The molecule has 156 valence electrons. The van der Waals surface area contributed by atoms with Gasteiger partial charge in [0.2, 0.25) is 5.91 Å². The summed E-state index contributed by atoms with van der Waals surface area (Å²) in [6, 6.07) is 11.1. The summed E-state index contributed by atoms with van der Waals surface area (Å²) in [4.78, 5) is 20.7. The molecular weight excluding hydrogens is 397 g/mol. The highest BCUT2D eigenvalue weighted by Crippen LogP contribution is 2.36. The number of hydrogen-bond donors (Lipinski definition) is 1. The minimum Gasteiger partial charge on any atom is -0.372 e. The first-order valence-electron chi connectivity index (χ1n) is 9.99. The van der Waals surface area contributed by atoms with E-state index in [1.54, 1.807) is 18.3 Å². The molecule has 1 aliphatic heterocycles. The lowest BCUT2D eigenvalue weighted by Crippen LogP contribution is -2.22. The minimum atomic E-state index is -0.437. The van der Waals surface area contributed by atoms with Gasteiger partial charge < -0.3 is 10.5 Å². The number of nitrogens with zero attached hydrogens (tertiary/aromatic N) is 4. The molecule has 0 aliphatic carbocycles. The zero-order chi connectivity index (χ0) is 21.5. The van der Waals surface area contributed by atoms with Crippen molar-refractivity contribution in [2.45, 2.75) is 25.4 Å². The Kier molecular flexibility index (Phi) is 4.71. The average molecular weight is 417 g/mol. The molecule has 0 fully saturated rings. The fourth-order valence-electron chi connectivity index (χ4n) is 3.96. The average Bonchev–Trinajstić information content (AvgIpc) is 3.21. The van der Waals surface area contributed by atoms with Crippen LogP contribution in [-0.4, -0.2) is 32.3 Å². The topological polar surface area (TPSA) is 95.9 Å². The molecule has 7 nitrogen and oxygen atoms in total. The molecule has 4 aromatic rings. The Balaban J connectivity index is 1.46. The number of pyridine rings is 2. The van der Waals surface area contributed by atoms with E-state index in [9.17, 15) is 9.18 Å². The smallest absolute Gasteiger partial charge is 0.248 e. The molecule has 5 rings (SSSR count). The van der Waals surface area contributed by atoms with Crippen molar-refractivity contribution in [2.75, 3.05) is 6.61 Å². The van der Waals surface area contributed by atoms with Gasteiger partial charge in [-0.3, -0.25) is 9.78 Å². The monoisotopic (exact) mass is 417 g/mol. The molecule has 2 atom stereocenters. The largest absolute Gasteiger partial charge is 0.372 e. The van der Waals surface area contributed by atoms with Crippen molar-refractivity contribution < 1.29 is 13.9 Å². The number of carbonyl (C=O) groups excluding carboxylic acids is 1. The van der Waals surface area contributed by atoms with Crippen LogP contribution in [0.15, 0.2) is 55.0 Å². The molecule has 0 saturated carbocycles. The number of nitrogens with two attached hydrogens (primary N) is 1. The van der Waals surface area contributed by atoms with Gasteiger partial charge in [0.05, 0.1) is 30.6 Å². The van der Waals surface area contributed by atoms with Crippen molar-refractivity contribution in [1.82, 2.24) is 19.7 Å². The van der Waals surface area contributed by atoms with Crippen LogP contribution < -0.4 is 5.73 Å². The maximum Gasteiger partial charge on any atom is 0.248 e. The molecule has 0 saturated heterocycles. The summed E-state index contributed by atoms with van der Waals surface area (Å²) in [5.41, 5.74) is 9.64. The maximum absolute atomic E-state index is 13.3.